The minimum absolute atomic E-state index is 0.00911. The van der Waals surface area contributed by atoms with Crippen LogP contribution in [0.5, 0.6) is 0 Å². The third-order valence-corrected chi connectivity index (χ3v) is 4.35. The number of anilines is 2. The molecule has 4 N–H and O–H groups in total. The van der Waals surface area contributed by atoms with Crippen molar-refractivity contribution < 1.29 is 8.78 Å². The molecule has 0 heterocycles. The van der Waals surface area contributed by atoms with Crippen molar-refractivity contribution in [3.63, 3.8) is 0 Å². The number of hydrogen-bond acceptors (Lipinski definition) is 2. The zero-order valence-corrected chi connectivity index (χ0v) is 17.2. The maximum atomic E-state index is 13.2. The molecular weight excluding hydrogens is 433 g/mol. The van der Waals surface area contributed by atoms with Crippen LogP contribution in [0.3, 0.4) is 0 Å². The maximum Gasteiger partial charge on any atom is 0.171 e. The fourth-order valence-electron chi connectivity index (χ4n) is 2.01. The molecule has 0 aliphatic heterocycles. The summed E-state index contributed by atoms with van der Waals surface area (Å²) in [6.45, 7) is 2.36. The van der Waals surface area contributed by atoms with Gasteiger partial charge in [0.15, 0.2) is 10.2 Å². The van der Waals surface area contributed by atoms with Crippen LogP contribution in [0.1, 0.15) is 6.92 Å². The Hall–Kier alpha value is -1.74. The lowest BCUT2D eigenvalue weighted by Crippen LogP contribution is -2.44. The lowest BCUT2D eigenvalue weighted by molar-refractivity contribution is 0.628. The second kappa shape index (κ2) is 9.98. The SMILES string of the molecule is CC(CNC(=S)Nc1ccc(F)c(Cl)c1)NC(=S)Nc1ccc(F)c(Cl)c1. The molecule has 10 heteroatoms. The number of rotatable bonds is 5. The van der Waals surface area contributed by atoms with Gasteiger partial charge in [-0.05, 0) is 67.8 Å². The molecule has 4 nitrogen and oxygen atoms in total. The van der Waals surface area contributed by atoms with Crippen molar-refractivity contribution in [2.24, 2.45) is 0 Å². The van der Waals surface area contributed by atoms with Crippen molar-refractivity contribution in [2.75, 3.05) is 17.2 Å². The minimum atomic E-state index is -0.498. The molecule has 2 aromatic carbocycles. The zero-order chi connectivity index (χ0) is 20.0. The number of thiocarbonyl (C=S) groups is 2. The van der Waals surface area contributed by atoms with Gasteiger partial charge in [-0.1, -0.05) is 23.2 Å². The molecule has 27 heavy (non-hydrogen) atoms. The van der Waals surface area contributed by atoms with Gasteiger partial charge in [-0.2, -0.15) is 0 Å². The number of halogens is 4. The molecule has 0 aliphatic rings. The van der Waals surface area contributed by atoms with E-state index in [9.17, 15) is 8.78 Å². The van der Waals surface area contributed by atoms with Gasteiger partial charge in [0.05, 0.1) is 10.0 Å². The Labute approximate surface area is 176 Å². The Bertz CT molecular complexity index is 852. The molecule has 0 fully saturated rings. The van der Waals surface area contributed by atoms with E-state index in [2.05, 4.69) is 21.3 Å². The summed E-state index contributed by atoms with van der Waals surface area (Å²) in [5.74, 6) is -0.996. The van der Waals surface area contributed by atoms with Crippen molar-refractivity contribution >= 4 is 69.2 Å². The van der Waals surface area contributed by atoms with Crippen LogP contribution < -0.4 is 21.3 Å². The molecule has 0 aromatic heterocycles. The Balaban J connectivity index is 1.76. The van der Waals surface area contributed by atoms with Crippen molar-refractivity contribution in [1.82, 2.24) is 10.6 Å². The largest absolute Gasteiger partial charge is 0.360 e. The third-order valence-electron chi connectivity index (χ3n) is 3.30. The second-order valence-corrected chi connectivity index (χ2v) is 7.22. The summed E-state index contributed by atoms with van der Waals surface area (Å²) >= 11 is 21.9. The molecule has 0 spiro atoms. The van der Waals surface area contributed by atoms with Gasteiger partial charge in [0.2, 0.25) is 0 Å². The monoisotopic (exact) mass is 448 g/mol. The highest BCUT2D eigenvalue weighted by molar-refractivity contribution is 7.80. The van der Waals surface area contributed by atoms with E-state index in [0.717, 1.165) is 0 Å². The summed E-state index contributed by atoms with van der Waals surface area (Å²) in [6, 6.07) is 8.39. The normalized spacial score (nSPS) is 11.4. The van der Waals surface area contributed by atoms with E-state index in [1.54, 1.807) is 0 Å². The minimum Gasteiger partial charge on any atom is -0.360 e. The predicted octanol–water partition coefficient (Wildman–Crippen LogP) is 4.93. The van der Waals surface area contributed by atoms with E-state index in [-0.39, 0.29) is 16.1 Å². The Kier molecular flexibility index (Phi) is 7.97. The first kappa shape index (κ1) is 21.6. The second-order valence-electron chi connectivity index (χ2n) is 5.59. The molecule has 2 rings (SSSR count). The van der Waals surface area contributed by atoms with E-state index < -0.39 is 11.6 Å². The number of benzene rings is 2. The molecule has 144 valence electrons. The highest BCUT2D eigenvalue weighted by Gasteiger charge is 2.08. The van der Waals surface area contributed by atoms with Gasteiger partial charge in [-0.15, -0.1) is 0 Å². The molecule has 0 bridgehead atoms. The highest BCUT2D eigenvalue weighted by Crippen LogP contribution is 2.20. The van der Waals surface area contributed by atoms with E-state index >= 15 is 0 Å². The summed E-state index contributed by atoms with van der Waals surface area (Å²) in [5, 5.41) is 12.6. The van der Waals surface area contributed by atoms with Gasteiger partial charge in [0.25, 0.3) is 0 Å². The molecule has 0 saturated carbocycles. The Morgan fingerprint density at radius 2 is 1.41 bits per heavy atom. The van der Waals surface area contributed by atoms with Gasteiger partial charge in [0.1, 0.15) is 11.6 Å². The highest BCUT2D eigenvalue weighted by atomic mass is 35.5. The van der Waals surface area contributed by atoms with Crippen LogP contribution >= 0.6 is 47.6 Å². The summed E-state index contributed by atoms with van der Waals surface area (Å²) < 4.78 is 26.3. The molecule has 0 saturated heterocycles. The molecule has 0 radical (unpaired) electrons. The summed E-state index contributed by atoms with van der Waals surface area (Å²) in [7, 11) is 0. The quantitative estimate of drug-likeness (QED) is 0.486. The number of nitrogens with one attached hydrogen (secondary N) is 4. The lowest BCUT2D eigenvalue weighted by atomic mass is 10.3. The molecular formula is C17H16Cl2F2N4S2. The van der Waals surface area contributed by atoms with Crippen molar-refractivity contribution in [3.05, 3.63) is 58.1 Å². The van der Waals surface area contributed by atoms with Crippen molar-refractivity contribution in [1.29, 1.82) is 0 Å². The van der Waals surface area contributed by atoms with Gasteiger partial charge >= 0.3 is 0 Å². The lowest BCUT2D eigenvalue weighted by Gasteiger charge is -2.19. The fraction of sp³-hybridized carbons (Fsp3) is 0.176. The van der Waals surface area contributed by atoms with Crippen LogP contribution in [0.2, 0.25) is 10.0 Å². The Morgan fingerprint density at radius 3 is 1.89 bits per heavy atom. The van der Waals surface area contributed by atoms with Crippen LogP contribution in [-0.4, -0.2) is 22.8 Å². The molecule has 1 unspecified atom stereocenters. The van der Waals surface area contributed by atoms with Gasteiger partial charge in [0, 0.05) is 24.0 Å². The van der Waals surface area contributed by atoms with Crippen LogP contribution in [0, 0.1) is 11.6 Å². The van der Waals surface area contributed by atoms with E-state index in [1.807, 2.05) is 6.92 Å². The van der Waals surface area contributed by atoms with Crippen LogP contribution in [0.15, 0.2) is 36.4 Å². The number of hydrogen-bond donors (Lipinski definition) is 4. The van der Waals surface area contributed by atoms with Crippen LogP contribution in [0.25, 0.3) is 0 Å². The summed E-state index contributed by atoms with van der Waals surface area (Å²) in [4.78, 5) is 0. The van der Waals surface area contributed by atoms with Gasteiger partial charge < -0.3 is 21.3 Å². The predicted molar refractivity (Wildman–Crippen MR) is 116 cm³/mol. The van der Waals surface area contributed by atoms with Gasteiger partial charge in [-0.25, -0.2) is 8.78 Å². The smallest absolute Gasteiger partial charge is 0.171 e. The van der Waals surface area contributed by atoms with E-state index in [4.69, 9.17) is 47.6 Å². The average molecular weight is 449 g/mol. The zero-order valence-electron chi connectivity index (χ0n) is 14.1. The first-order chi connectivity index (χ1) is 12.7. The molecule has 1 atom stereocenters. The topological polar surface area (TPSA) is 48.1 Å². The summed E-state index contributed by atoms with van der Waals surface area (Å²) in [5.41, 5.74) is 1.15. The van der Waals surface area contributed by atoms with Crippen molar-refractivity contribution in [3.8, 4) is 0 Å². The molecule has 0 amide bonds. The molecule has 0 aliphatic carbocycles. The first-order valence-corrected chi connectivity index (χ1v) is 9.34. The first-order valence-electron chi connectivity index (χ1n) is 7.77. The molecule has 2 aromatic rings. The fourth-order valence-corrected chi connectivity index (χ4v) is 2.89. The Morgan fingerprint density at radius 1 is 0.926 bits per heavy atom. The van der Waals surface area contributed by atoms with Crippen molar-refractivity contribution in [2.45, 2.75) is 13.0 Å². The van der Waals surface area contributed by atoms with Crippen LogP contribution in [0.4, 0.5) is 20.2 Å². The standard InChI is InChI=1S/C17H16Cl2F2N4S2/c1-9(23-17(27)25-11-3-5-15(21)13(19)7-11)8-22-16(26)24-10-2-4-14(20)12(18)6-10/h2-7,9H,8H2,1H3,(H2,22,24,26)(H2,23,25,27). The maximum absolute atomic E-state index is 13.2. The summed E-state index contributed by atoms with van der Waals surface area (Å²) in [6.07, 6.45) is 0. The van der Waals surface area contributed by atoms with Crippen LogP contribution in [-0.2, 0) is 0 Å². The van der Waals surface area contributed by atoms with Gasteiger partial charge in [-0.3, -0.25) is 0 Å². The van der Waals surface area contributed by atoms with E-state index in [0.29, 0.717) is 28.1 Å². The van der Waals surface area contributed by atoms with E-state index in [1.165, 1.54) is 36.4 Å². The average Bonchev–Trinajstić information content (AvgIpc) is 2.59. The third kappa shape index (κ3) is 7.06.